The minimum absolute atomic E-state index is 0.0126. The van der Waals surface area contributed by atoms with Crippen LogP contribution in [0.1, 0.15) is 24.5 Å². The number of rotatable bonds is 7. The maximum Gasteiger partial charge on any atom is 0.303 e. The molecule has 0 aliphatic carbocycles. The molecular weight excluding hydrogens is 508 g/mol. The van der Waals surface area contributed by atoms with E-state index in [-0.39, 0.29) is 29.3 Å². The smallest absolute Gasteiger partial charge is 0.303 e. The summed E-state index contributed by atoms with van der Waals surface area (Å²) in [5.74, 6) is -1.48. The topological polar surface area (TPSA) is 75.6 Å². The quantitative estimate of drug-likeness (QED) is 0.499. The Labute approximate surface area is 177 Å². The normalized spacial score (nSPS) is 10.6. The molecule has 0 fully saturated rings. The van der Waals surface area contributed by atoms with E-state index in [1.165, 1.54) is 19.1 Å². The SMILES string of the molecule is CC(=O)Nc1cc(Cl)cc(COc2c(Br)cc(CCC(=O)O)cc2Br)c1F. The molecule has 0 spiro atoms. The molecule has 0 unspecified atom stereocenters. The van der Waals surface area contributed by atoms with Gasteiger partial charge in [-0.05, 0) is 68.1 Å². The summed E-state index contributed by atoms with van der Waals surface area (Å²) in [5.41, 5.74) is 0.973. The Bertz CT molecular complexity index is 869. The number of hydrogen-bond donors (Lipinski definition) is 2. The van der Waals surface area contributed by atoms with Crippen molar-refractivity contribution in [3.05, 3.63) is 55.2 Å². The number of carbonyl (C=O) groups excluding carboxylic acids is 1. The molecule has 0 aliphatic rings. The van der Waals surface area contributed by atoms with Gasteiger partial charge in [-0.1, -0.05) is 11.6 Å². The maximum atomic E-state index is 14.5. The van der Waals surface area contributed by atoms with Gasteiger partial charge in [0, 0.05) is 23.9 Å². The van der Waals surface area contributed by atoms with Crippen molar-refractivity contribution in [1.29, 1.82) is 0 Å². The molecule has 2 N–H and O–H groups in total. The largest absolute Gasteiger partial charge is 0.486 e. The van der Waals surface area contributed by atoms with Crippen LogP contribution in [0, 0.1) is 5.82 Å². The Morgan fingerprint density at radius 1 is 1.22 bits per heavy atom. The molecule has 0 bridgehead atoms. The fraction of sp³-hybridized carbons (Fsp3) is 0.222. The van der Waals surface area contributed by atoms with Crippen molar-refractivity contribution >= 4 is 61.0 Å². The first kappa shape index (κ1) is 21.7. The molecule has 2 aromatic carbocycles. The predicted octanol–water partition coefficient (Wildman–Crippen LogP) is 5.56. The Hall–Kier alpha value is -1.64. The molecule has 0 atom stereocenters. The number of benzene rings is 2. The van der Waals surface area contributed by atoms with E-state index >= 15 is 0 Å². The van der Waals surface area contributed by atoms with Crippen molar-refractivity contribution in [3.8, 4) is 5.75 Å². The Kier molecular flexibility index (Phi) is 7.64. The number of anilines is 1. The van der Waals surface area contributed by atoms with Crippen LogP contribution in [0.2, 0.25) is 5.02 Å². The molecule has 0 saturated heterocycles. The second-order valence-electron chi connectivity index (χ2n) is 5.68. The first-order chi connectivity index (χ1) is 12.7. The number of carboxylic acid groups (broad SMARTS) is 1. The number of nitrogens with one attached hydrogen (secondary N) is 1. The van der Waals surface area contributed by atoms with Crippen molar-refractivity contribution in [3.63, 3.8) is 0 Å². The molecular formula is C18H15Br2ClFNO4. The lowest BCUT2D eigenvalue weighted by molar-refractivity contribution is -0.137. The van der Waals surface area contributed by atoms with Crippen LogP contribution in [0.3, 0.4) is 0 Å². The maximum absolute atomic E-state index is 14.5. The van der Waals surface area contributed by atoms with Crippen LogP contribution in [-0.2, 0) is 22.6 Å². The lowest BCUT2D eigenvalue weighted by Gasteiger charge is -2.14. The zero-order valence-corrected chi connectivity index (χ0v) is 18.0. The molecule has 9 heteroatoms. The zero-order valence-electron chi connectivity index (χ0n) is 14.1. The molecule has 27 heavy (non-hydrogen) atoms. The summed E-state index contributed by atoms with van der Waals surface area (Å²) in [6.07, 6.45) is 0.383. The number of carbonyl (C=O) groups is 2. The molecule has 0 aromatic heterocycles. The number of amides is 1. The van der Waals surface area contributed by atoms with Crippen LogP contribution in [0.5, 0.6) is 5.75 Å². The van der Waals surface area contributed by atoms with E-state index in [4.69, 9.17) is 21.4 Å². The molecule has 0 aliphatic heterocycles. The van der Waals surface area contributed by atoms with Gasteiger partial charge in [0.2, 0.25) is 5.91 Å². The lowest BCUT2D eigenvalue weighted by Crippen LogP contribution is -2.10. The third-order valence-electron chi connectivity index (χ3n) is 3.48. The molecule has 1 amide bonds. The first-order valence-corrected chi connectivity index (χ1v) is 9.71. The van der Waals surface area contributed by atoms with Crippen molar-refractivity contribution in [2.45, 2.75) is 26.4 Å². The van der Waals surface area contributed by atoms with Crippen LogP contribution in [0.25, 0.3) is 0 Å². The minimum Gasteiger partial charge on any atom is -0.486 e. The fourth-order valence-corrected chi connectivity index (χ4v) is 4.08. The van der Waals surface area contributed by atoms with E-state index in [2.05, 4.69) is 37.2 Å². The van der Waals surface area contributed by atoms with E-state index in [1.54, 1.807) is 12.1 Å². The minimum atomic E-state index is -0.881. The first-order valence-electron chi connectivity index (χ1n) is 7.75. The van der Waals surface area contributed by atoms with Crippen LogP contribution in [-0.4, -0.2) is 17.0 Å². The van der Waals surface area contributed by atoms with E-state index in [9.17, 15) is 14.0 Å². The molecule has 2 rings (SSSR count). The Balaban J connectivity index is 2.20. The Morgan fingerprint density at radius 2 is 1.85 bits per heavy atom. The highest BCUT2D eigenvalue weighted by atomic mass is 79.9. The number of ether oxygens (including phenoxy) is 1. The Morgan fingerprint density at radius 3 is 2.41 bits per heavy atom. The zero-order chi connectivity index (χ0) is 20.1. The van der Waals surface area contributed by atoms with Gasteiger partial charge in [-0.3, -0.25) is 9.59 Å². The number of halogens is 4. The van der Waals surface area contributed by atoms with Gasteiger partial charge in [0.25, 0.3) is 0 Å². The second kappa shape index (κ2) is 9.52. The molecule has 0 heterocycles. The van der Waals surface area contributed by atoms with Gasteiger partial charge in [-0.15, -0.1) is 0 Å². The van der Waals surface area contributed by atoms with Crippen LogP contribution < -0.4 is 10.1 Å². The highest BCUT2D eigenvalue weighted by Gasteiger charge is 2.15. The standard InChI is InChI=1S/C18H15Br2ClFNO4/c1-9(24)23-15-7-12(21)6-11(17(15)22)8-27-18-13(19)4-10(5-14(18)20)2-3-16(25)26/h4-7H,2-3,8H2,1H3,(H,23,24)(H,25,26). The summed E-state index contributed by atoms with van der Waals surface area (Å²) in [6, 6.07) is 6.25. The van der Waals surface area contributed by atoms with E-state index in [0.717, 1.165) is 5.56 Å². The van der Waals surface area contributed by atoms with Crippen molar-refractivity contribution in [1.82, 2.24) is 0 Å². The van der Waals surface area contributed by atoms with Gasteiger partial charge in [0.05, 0.1) is 14.6 Å². The summed E-state index contributed by atoms with van der Waals surface area (Å²) in [5, 5.41) is 11.4. The van der Waals surface area contributed by atoms with Gasteiger partial charge < -0.3 is 15.2 Å². The van der Waals surface area contributed by atoms with Crippen LogP contribution >= 0.6 is 43.5 Å². The van der Waals surface area contributed by atoms with Gasteiger partial charge in [-0.25, -0.2) is 4.39 Å². The van der Waals surface area contributed by atoms with Crippen molar-refractivity contribution in [2.75, 3.05) is 5.32 Å². The van der Waals surface area contributed by atoms with Crippen LogP contribution in [0.15, 0.2) is 33.2 Å². The van der Waals surface area contributed by atoms with Crippen molar-refractivity contribution in [2.24, 2.45) is 0 Å². The van der Waals surface area contributed by atoms with E-state index in [0.29, 0.717) is 21.1 Å². The average molecular weight is 524 g/mol. The third kappa shape index (κ3) is 6.19. The number of hydrogen-bond acceptors (Lipinski definition) is 3. The molecule has 0 saturated carbocycles. The monoisotopic (exact) mass is 521 g/mol. The highest BCUT2D eigenvalue weighted by molar-refractivity contribution is 9.11. The van der Waals surface area contributed by atoms with E-state index in [1.807, 2.05) is 0 Å². The van der Waals surface area contributed by atoms with Gasteiger partial charge in [0.1, 0.15) is 12.4 Å². The summed E-state index contributed by atoms with van der Waals surface area (Å²) in [6.45, 7) is 1.15. The number of carboxylic acids is 1. The summed E-state index contributed by atoms with van der Waals surface area (Å²) in [4.78, 5) is 21.9. The average Bonchev–Trinajstić information content (AvgIpc) is 2.55. The summed E-state index contributed by atoms with van der Waals surface area (Å²) in [7, 11) is 0. The molecule has 144 valence electrons. The van der Waals surface area contributed by atoms with Crippen molar-refractivity contribution < 1.29 is 23.8 Å². The highest BCUT2D eigenvalue weighted by Crippen LogP contribution is 2.36. The predicted molar refractivity (Wildman–Crippen MR) is 108 cm³/mol. The van der Waals surface area contributed by atoms with Gasteiger partial charge in [-0.2, -0.15) is 0 Å². The molecule has 2 aromatic rings. The third-order valence-corrected chi connectivity index (χ3v) is 4.88. The number of aryl methyl sites for hydroxylation is 1. The van der Waals surface area contributed by atoms with Gasteiger partial charge >= 0.3 is 5.97 Å². The molecule has 0 radical (unpaired) electrons. The van der Waals surface area contributed by atoms with Crippen LogP contribution in [0.4, 0.5) is 10.1 Å². The van der Waals surface area contributed by atoms with E-state index < -0.39 is 17.7 Å². The van der Waals surface area contributed by atoms with Gasteiger partial charge in [0.15, 0.2) is 5.82 Å². The summed E-state index contributed by atoms with van der Waals surface area (Å²) >= 11 is 12.7. The molecule has 5 nitrogen and oxygen atoms in total. The summed E-state index contributed by atoms with van der Waals surface area (Å²) < 4.78 is 21.4. The lowest BCUT2D eigenvalue weighted by atomic mass is 10.1. The second-order valence-corrected chi connectivity index (χ2v) is 7.82. The number of aliphatic carboxylic acids is 1. The fourth-order valence-electron chi connectivity index (χ4n) is 2.33.